The van der Waals surface area contributed by atoms with E-state index in [4.69, 9.17) is 0 Å². The van der Waals surface area contributed by atoms with Crippen LogP contribution in [0.25, 0.3) is 11.1 Å². The van der Waals surface area contributed by atoms with Gasteiger partial charge in [-0.15, -0.1) is 0 Å². The van der Waals surface area contributed by atoms with E-state index in [0.717, 1.165) is 6.42 Å². The molecule has 0 bridgehead atoms. The van der Waals surface area contributed by atoms with Crippen LogP contribution in [0.4, 0.5) is 0 Å². The van der Waals surface area contributed by atoms with Crippen LogP contribution in [0.5, 0.6) is 0 Å². The monoisotopic (exact) mass is 240 g/mol. The standard InChI is InChI=1S/C14H12.2C2H6/c1-10-5-4-8-13-12-7-3-2-6-11(12)9-14(10)13;2*1-2/h2-8H,9H2,1H3;2*1-2H3. The molecule has 0 nitrogen and oxygen atoms in total. The smallest absolute Gasteiger partial charge is 0.00108 e. The van der Waals surface area contributed by atoms with Crippen LogP contribution in [0, 0.1) is 6.92 Å². The van der Waals surface area contributed by atoms with Crippen LogP contribution < -0.4 is 0 Å². The van der Waals surface area contributed by atoms with Gasteiger partial charge in [0.2, 0.25) is 0 Å². The molecule has 0 N–H and O–H groups in total. The van der Waals surface area contributed by atoms with Gasteiger partial charge in [0.15, 0.2) is 0 Å². The first kappa shape index (κ1) is 14.5. The average Bonchev–Trinajstić information content (AvgIpc) is 2.84. The van der Waals surface area contributed by atoms with Crippen molar-refractivity contribution in [3.8, 4) is 11.1 Å². The van der Waals surface area contributed by atoms with E-state index in [-0.39, 0.29) is 0 Å². The minimum atomic E-state index is 1.11. The highest BCUT2D eigenvalue weighted by Crippen LogP contribution is 2.37. The molecule has 2 aromatic rings. The Balaban J connectivity index is 0.000000371. The average molecular weight is 240 g/mol. The molecule has 0 spiro atoms. The Morgan fingerprint density at radius 2 is 1.33 bits per heavy atom. The molecule has 0 aliphatic heterocycles. The third-order valence-corrected chi connectivity index (χ3v) is 3.09. The summed E-state index contributed by atoms with van der Waals surface area (Å²) in [5.74, 6) is 0. The molecule has 3 rings (SSSR count). The third kappa shape index (κ3) is 2.64. The van der Waals surface area contributed by atoms with Crippen LogP contribution in [0.3, 0.4) is 0 Å². The second-order valence-corrected chi connectivity index (χ2v) is 3.93. The topological polar surface area (TPSA) is 0 Å². The maximum Gasteiger partial charge on any atom is -0.00108 e. The van der Waals surface area contributed by atoms with Gasteiger partial charge >= 0.3 is 0 Å². The molecule has 18 heavy (non-hydrogen) atoms. The van der Waals surface area contributed by atoms with Crippen molar-refractivity contribution in [2.24, 2.45) is 0 Å². The Kier molecular flexibility index (Phi) is 5.64. The summed E-state index contributed by atoms with van der Waals surface area (Å²) in [6.07, 6.45) is 1.11. The lowest BCUT2D eigenvalue weighted by molar-refractivity contribution is 1.22. The zero-order chi connectivity index (χ0) is 13.5. The molecule has 1 aliphatic carbocycles. The van der Waals surface area contributed by atoms with Crippen molar-refractivity contribution in [1.82, 2.24) is 0 Å². The highest BCUT2D eigenvalue weighted by molar-refractivity contribution is 5.77. The van der Waals surface area contributed by atoms with Gasteiger partial charge in [-0.05, 0) is 41.2 Å². The summed E-state index contributed by atoms with van der Waals surface area (Å²) in [6, 6.07) is 15.3. The highest BCUT2D eigenvalue weighted by atomic mass is 14.2. The largest absolute Gasteiger partial charge is 0.0683 e. The van der Waals surface area contributed by atoms with E-state index in [1.807, 2.05) is 27.7 Å². The Labute approximate surface area is 112 Å². The van der Waals surface area contributed by atoms with E-state index >= 15 is 0 Å². The first-order valence-corrected chi connectivity index (χ1v) is 7.03. The van der Waals surface area contributed by atoms with Gasteiger partial charge in [-0.2, -0.15) is 0 Å². The normalized spacial score (nSPS) is 10.3. The van der Waals surface area contributed by atoms with Crippen molar-refractivity contribution in [2.75, 3.05) is 0 Å². The van der Waals surface area contributed by atoms with Crippen LogP contribution in [0.15, 0.2) is 42.5 Å². The van der Waals surface area contributed by atoms with Gasteiger partial charge < -0.3 is 0 Å². The van der Waals surface area contributed by atoms with Crippen molar-refractivity contribution >= 4 is 0 Å². The summed E-state index contributed by atoms with van der Waals surface area (Å²) in [6.45, 7) is 10.2. The molecule has 0 aromatic heterocycles. The zero-order valence-corrected chi connectivity index (χ0v) is 12.2. The Morgan fingerprint density at radius 1 is 0.722 bits per heavy atom. The van der Waals surface area contributed by atoms with Crippen LogP contribution in [-0.2, 0) is 6.42 Å². The van der Waals surface area contributed by atoms with Crippen molar-refractivity contribution in [3.63, 3.8) is 0 Å². The van der Waals surface area contributed by atoms with E-state index in [1.165, 1.54) is 27.8 Å². The molecule has 0 saturated heterocycles. The quantitative estimate of drug-likeness (QED) is 0.478. The number of hydrogen-bond donors (Lipinski definition) is 0. The second kappa shape index (κ2) is 7.00. The molecule has 1 aliphatic rings. The van der Waals surface area contributed by atoms with Crippen LogP contribution in [-0.4, -0.2) is 0 Å². The minimum absolute atomic E-state index is 1.11. The van der Waals surface area contributed by atoms with Gasteiger partial charge in [-0.1, -0.05) is 70.2 Å². The van der Waals surface area contributed by atoms with Gasteiger partial charge in [0.1, 0.15) is 0 Å². The van der Waals surface area contributed by atoms with Gasteiger partial charge in [-0.3, -0.25) is 0 Å². The van der Waals surface area contributed by atoms with E-state index in [2.05, 4.69) is 49.4 Å². The van der Waals surface area contributed by atoms with Crippen molar-refractivity contribution in [2.45, 2.75) is 41.0 Å². The molecule has 0 saturated carbocycles. The van der Waals surface area contributed by atoms with Crippen LogP contribution in [0.1, 0.15) is 44.4 Å². The van der Waals surface area contributed by atoms with E-state index in [0.29, 0.717) is 0 Å². The van der Waals surface area contributed by atoms with E-state index in [9.17, 15) is 0 Å². The Bertz CT molecular complexity index is 495. The Morgan fingerprint density at radius 3 is 2.06 bits per heavy atom. The maximum absolute atomic E-state index is 2.23. The summed E-state index contributed by atoms with van der Waals surface area (Å²) in [7, 11) is 0. The van der Waals surface area contributed by atoms with Crippen LogP contribution in [0.2, 0.25) is 0 Å². The molecule has 0 amide bonds. The highest BCUT2D eigenvalue weighted by Gasteiger charge is 2.18. The fourth-order valence-electron chi connectivity index (χ4n) is 2.32. The molecule has 0 fully saturated rings. The number of hydrogen-bond acceptors (Lipinski definition) is 0. The third-order valence-electron chi connectivity index (χ3n) is 3.09. The number of rotatable bonds is 0. The predicted octanol–water partition coefficient (Wildman–Crippen LogP) is 5.62. The summed E-state index contributed by atoms with van der Waals surface area (Å²) in [5.41, 5.74) is 7.25. The molecule has 96 valence electrons. The molecular formula is C18H24. The number of aryl methyl sites for hydroxylation is 1. The van der Waals surface area contributed by atoms with E-state index < -0.39 is 0 Å². The fraction of sp³-hybridized carbons (Fsp3) is 0.333. The summed E-state index contributed by atoms with van der Waals surface area (Å²) < 4.78 is 0. The lowest BCUT2D eigenvalue weighted by atomic mass is 10.0. The van der Waals surface area contributed by atoms with Crippen molar-refractivity contribution < 1.29 is 0 Å². The summed E-state index contributed by atoms with van der Waals surface area (Å²) in [4.78, 5) is 0. The summed E-state index contributed by atoms with van der Waals surface area (Å²) in [5, 5.41) is 0. The summed E-state index contributed by atoms with van der Waals surface area (Å²) >= 11 is 0. The number of benzene rings is 2. The van der Waals surface area contributed by atoms with Gasteiger partial charge in [0.05, 0.1) is 0 Å². The molecule has 0 radical (unpaired) electrons. The molecule has 0 atom stereocenters. The minimum Gasteiger partial charge on any atom is -0.0683 e. The molecule has 0 heterocycles. The molecular weight excluding hydrogens is 216 g/mol. The second-order valence-electron chi connectivity index (χ2n) is 3.93. The van der Waals surface area contributed by atoms with Gasteiger partial charge in [0.25, 0.3) is 0 Å². The zero-order valence-electron chi connectivity index (χ0n) is 12.2. The first-order chi connectivity index (χ1) is 8.86. The lowest BCUT2D eigenvalue weighted by Gasteiger charge is -2.02. The molecule has 2 aromatic carbocycles. The molecule has 0 heteroatoms. The van der Waals surface area contributed by atoms with Gasteiger partial charge in [0, 0.05) is 0 Å². The SMILES string of the molecule is CC.CC.Cc1cccc2c1Cc1ccccc1-2. The molecule has 0 unspecified atom stereocenters. The Hall–Kier alpha value is -1.56. The maximum atomic E-state index is 2.23. The lowest BCUT2D eigenvalue weighted by Crippen LogP contribution is -1.84. The van der Waals surface area contributed by atoms with Crippen molar-refractivity contribution in [1.29, 1.82) is 0 Å². The van der Waals surface area contributed by atoms with E-state index in [1.54, 1.807) is 0 Å². The fourth-order valence-corrected chi connectivity index (χ4v) is 2.32. The van der Waals surface area contributed by atoms with Crippen molar-refractivity contribution in [3.05, 3.63) is 59.2 Å². The number of fused-ring (bicyclic) bond motifs is 3. The first-order valence-electron chi connectivity index (χ1n) is 7.03. The van der Waals surface area contributed by atoms with Crippen LogP contribution >= 0.6 is 0 Å². The predicted molar refractivity (Wildman–Crippen MR) is 82.1 cm³/mol. The van der Waals surface area contributed by atoms with Gasteiger partial charge in [-0.25, -0.2) is 0 Å².